The second-order valence-corrected chi connectivity index (χ2v) is 5.33. The van der Waals surface area contributed by atoms with E-state index in [0.717, 1.165) is 30.0 Å². The van der Waals surface area contributed by atoms with Crippen LogP contribution in [-0.4, -0.2) is 5.75 Å². The van der Waals surface area contributed by atoms with E-state index in [0.29, 0.717) is 0 Å². The summed E-state index contributed by atoms with van der Waals surface area (Å²) in [7, 11) is 0. The number of rotatable bonds is 6. The molecule has 0 aliphatic rings. The zero-order valence-electron chi connectivity index (χ0n) is 11.8. The fraction of sp³-hybridized carbons (Fsp3) is 0.294. The van der Waals surface area contributed by atoms with Crippen LogP contribution in [0.5, 0.6) is 0 Å². The van der Waals surface area contributed by atoms with Crippen LogP contribution in [0.4, 0.5) is 11.4 Å². The Morgan fingerprint density at radius 1 is 0.800 bits per heavy atom. The quantitative estimate of drug-likeness (QED) is 0.402. The van der Waals surface area contributed by atoms with E-state index in [9.17, 15) is 0 Å². The highest BCUT2D eigenvalue weighted by Gasteiger charge is 1.95. The number of azo groups is 1. The van der Waals surface area contributed by atoms with Gasteiger partial charge in [-0.3, -0.25) is 0 Å². The molecular formula is C17H20N2S. The molecule has 2 rings (SSSR count). The molecule has 2 aromatic rings. The van der Waals surface area contributed by atoms with Gasteiger partial charge in [0.15, 0.2) is 0 Å². The minimum absolute atomic E-state index is 0.883. The van der Waals surface area contributed by atoms with Gasteiger partial charge in [-0.2, -0.15) is 22.9 Å². The first-order valence-corrected chi connectivity index (χ1v) is 7.59. The van der Waals surface area contributed by atoms with Gasteiger partial charge in [-0.25, -0.2) is 0 Å². The highest BCUT2D eigenvalue weighted by Crippen LogP contribution is 2.19. The molecule has 0 aliphatic heterocycles. The molecule has 0 unspecified atom stereocenters. The number of unbranched alkanes of at least 4 members (excludes halogenated alkanes) is 1. The van der Waals surface area contributed by atoms with Crippen molar-refractivity contribution in [1.82, 2.24) is 0 Å². The second kappa shape index (κ2) is 7.85. The van der Waals surface area contributed by atoms with Crippen LogP contribution in [-0.2, 0) is 6.42 Å². The summed E-state index contributed by atoms with van der Waals surface area (Å²) in [6.45, 7) is 2.06. The van der Waals surface area contributed by atoms with E-state index in [2.05, 4.69) is 41.9 Å². The molecule has 0 aliphatic carbocycles. The average molecular weight is 284 g/mol. The Labute approximate surface area is 126 Å². The van der Waals surface area contributed by atoms with Gasteiger partial charge < -0.3 is 0 Å². The van der Waals surface area contributed by atoms with Crippen molar-refractivity contribution in [3.8, 4) is 0 Å². The van der Waals surface area contributed by atoms with Gasteiger partial charge in [0, 0.05) is 0 Å². The van der Waals surface area contributed by atoms with Gasteiger partial charge in [0.05, 0.1) is 11.4 Å². The van der Waals surface area contributed by atoms with Crippen LogP contribution in [0.15, 0.2) is 58.8 Å². The third-order valence-electron chi connectivity index (χ3n) is 3.12. The monoisotopic (exact) mass is 284 g/mol. The van der Waals surface area contributed by atoms with E-state index >= 15 is 0 Å². The topological polar surface area (TPSA) is 24.7 Å². The van der Waals surface area contributed by atoms with E-state index < -0.39 is 0 Å². The Morgan fingerprint density at radius 3 is 1.90 bits per heavy atom. The molecule has 3 heteroatoms. The van der Waals surface area contributed by atoms with Crippen molar-refractivity contribution >= 4 is 24.0 Å². The Morgan fingerprint density at radius 2 is 1.35 bits per heavy atom. The van der Waals surface area contributed by atoms with Crippen molar-refractivity contribution < 1.29 is 0 Å². The molecule has 0 amide bonds. The van der Waals surface area contributed by atoms with E-state index in [1.165, 1.54) is 17.5 Å². The summed E-state index contributed by atoms with van der Waals surface area (Å²) in [5.41, 5.74) is 4.35. The highest BCUT2D eigenvalue weighted by molar-refractivity contribution is 7.80. The molecule has 0 atom stereocenters. The predicted octanol–water partition coefficient (Wildman–Crippen LogP) is 5.66. The average Bonchev–Trinajstić information content (AvgIpc) is 2.48. The molecule has 0 aromatic heterocycles. The Kier molecular flexibility index (Phi) is 5.81. The number of benzene rings is 2. The van der Waals surface area contributed by atoms with Gasteiger partial charge >= 0.3 is 0 Å². The molecular weight excluding hydrogens is 264 g/mol. The number of hydrogen-bond acceptors (Lipinski definition) is 3. The summed E-state index contributed by atoms with van der Waals surface area (Å²) in [5, 5.41) is 8.49. The van der Waals surface area contributed by atoms with Crippen LogP contribution >= 0.6 is 12.6 Å². The van der Waals surface area contributed by atoms with E-state index in [1.54, 1.807) is 0 Å². The lowest BCUT2D eigenvalue weighted by Gasteiger charge is -2.00. The lowest BCUT2D eigenvalue weighted by molar-refractivity contribution is 0.804. The number of aryl methyl sites for hydroxylation is 2. The Hall–Kier alpha value is -1.61. The van der Waals surface area contributed by atoms with Crippen LogP contribution in [0.2, 0.25) is 0 Å². The minimum atomic E-state index is 0.883. The smallest absolute Gasteiger partial charge is 0.0857 e. The highest BCUT2D eigenvalue weighted by atomic mass is 32.1. The fourth-order valence-corrected chi connectivity index (χ4v) is 2.12. The molecule has 0 spiro atoms. The van der Waals surface area contributed by atoms with Gasteiger partial charge in [0.1, 0.15) is 0 Å². The maximum absolute atomic E-state index is 4.26. The molecule has 20 heavy (non-hydrogen) atoms. The van der Waals surface area contributed by atoms with Gasteiger partial charge in [-0.15, -0.1) is 0 Å². The summed E-state index contributed by atoms with van der Waals surface area (Å²) >= 11 is 4.22. The first kappa shape index (κ1) is 14.8. The fourth-order valence-electron chi connectivity index (χ4n) is 1.90. The van der Waals surface area contributed by atoms with Crippen molar-refractivity contribution in [2.75, 3.05) is 5.75 Å². The summed E-state index contributed by atoms with van der Waals surface area (Å²) in [4.78, 5) is 0. The Bertz CT molecular complexity index is 544. The van der Waals surface area contributed by atoms with Gasteiger partial charge in [-0.05, 0) is 61.8 Å². The first-order valence-electron chi connectivity index (χ1n) is 6.96. The summed E-state index contributed by atoms with van der Waals surface area (Å²) in [5.74, 6) is 0.961. The summed E-state index contributed by atoms with van der Waals surface area (Å²) in [6.07, 6.45) is 3.46. The zero-order valence-corrected chi connectivity index (χ0v) is 12.7. The molecule has 0 heterocycles. The molecule has 0 saturated carbocycles. The maximum atomic E-state index is 4.26. The van der Waals surface area contributed by atoms with Crippen LogP contribution in [0, 0.1) is 6.92 Å². The number of nitrogens with zero attached hydrogens (tertiary/aromatic N) is 2. The molecule has 0 bridgehead atoms. The summed E-state index contributed by atoms with van der Waals surface area (Å²) in [6, 6.07) is 16.3. The van der Waals surface area contributed by atoms with Crippen molar-refractivity contribution in [2.24, 2.45) is 10.2 Å². The van der Waals surface area contributed by atoms with Crippen LogP contribution in [0.3, 0.4) is 0 Å². The Balaban J connectivity index is 1.94. The molecule has 0 N–H and O–H groups in total. The second-order valence-electron chi connectivity index (χ2n) is 4.88. The van der Waals surface area contributed by atoms with Crippen molar-refractivity contribution in [3.63, 3.8) is 0 Å². The standard InChI is InChI=1S/C17H20N2S/c1-14-5-9-16(10-6-14)18-19-17-11-7-15(8-12-17)4-2-3-13-20/h5-12,20H,2-4,13H2,1H3. The first-order chi connectivity index (χ1) is 9.78. The van der Waals surface area contributed by atoms with E-state index in [-0.39, 0.29) is 0 Å². The molecule has 0 saturated heterocycles. The number of thiol groups is 1. The zero-order chi connectivity index (χ0) is 14.2. The molecule has 0 fully saturated rings. The normalized spacial score (nSPS) is 11.1. The predicted molar refractivity (Wildman–Crippen MR) is 88.6 cm³/mol. The minimum Gasteiger partial charge on any atom is -0.179 e. The maximum Gasteiger partial charge on any atom is 0.0857 e. The largest absolute Gasteiger partial charge is 0.179 e. The third-order valence-corrected chi connectivity index (χ3v) is 3.44. The molecule has 104 valence electrons. The molecule has 2 aromatic carbocycles. The van der Waals surface area contributed by atoms with Crippen molar-refractivity contribution in [3.05, 3.63) is 59.7 Å². The molecule has 0 radical (unpaired) electrons. The van der Waals surface area contributed by atoms with Crippen LogP contribution in [0.1, 0.15) is 24.0 Å². The SMILES string of the molecule is Cc1ccc(N=Nc2ccc(CCCCS)cc2)cc1. The van der Waals surface area contributed by atoms with E-state index in [4.69, 9.17) is 0 Å². The lowest BCUT2D eigenvalue weighted by Crippen LogP contribution is -1.85. The summed E-state index contributed by atoms with van der Waals surface area (Å²) < 4.78 is 0. The molecule has 2 nitrogen and oxygen atoms in total. The van der Waals surface area contributed by atoms with Gasteiger partial charge in [0.2, 0.25) is 0 Å². The van der Waals surface area contributed by atoms with E-state index in [1.807, 2.05) is 36.4 Å². The van der Waals surface area contributed by atoms with Crippen molar-refractivity contribution in [1.29, 1.82) is 0 Å². The van der Waals surface area contributed by atoms with Gasteiger partial charge in [-0.1, -0.05) is 29.8 Å². The number of hydrogen-bond donors (Lipinski definition) is 1. The lowest BCUT2D eigenvalue weighted by atomic mass is 10.1. The van der Waals surface area contributed by atoms with Gasteiger partial charge in [0.25, 0.3) is 0 Å². The van der Waals surface area contributed by atoms with Crippen LogP contribution in [0.25, 0.3) is 0 Å². The van der Waals surface area contributed by atoms with Crippen LogP contribution < -0.4 is 0 Å². The van der Waals surface area contributed by atoms with Crippen molar-refractivity contribution in [2.45, 2.75) is 26.2 Å². The third kappa shape index (κ3) is 4.82.